The fourth-order valence-corrected chi connectivity index (χ4v) is 4.14. The lowest BCUT2D eigenvalue weighted by molar-refractivity contribution is -0.131. The van der Waals surface area contributed by atoms with Crippen LogP contribution in [0.4, 0.5) is 0 Å². The van der Waals surface area contributed by atoms with Gasteiger partial charge in [0.25, 0.3) is 0 Å². The summed E-state index contributed by atoms with van der Waals surface area (Å²) < 4.78 is 10.1. The van der Waals surface area contributed by atoms with Crippen molar-refractivity contribution < 1.29 is 9.53 Å². The molecular formula is C23H30N6O3. The van der Waals surface area contributed by atoms with E-state index < -0.39 is 0 Å². The number of ether oxygens (including phenoxy) is 1. The van der Waals surface area contributed by atoms with Crippen molar-refractivity contribution >= 4 is 5.91 Å². The van der Waals surface area contributed by atoms with Gasteiger partial charge < -0.3 is 9.64 Å². The Hall–Kier alpha value is -3.20. The minimum atomic E-state index is -0.0865. The van der Waals surface area contributed by atoms with Crippen LogP contribution in [0, 0.1) is 5.92 Å². The molecule has 2 aromatic heterocycles. The monoisotopic (exact) mass is 438 g/mol. The SMILES string of the molecule is COCCn1nc2n(c1=O)CCC(CC(=O)N(C)Cc1cnn(-c3ccccc3)c1)CC2. The van der Waals surface area contributed by atoms with Gasteiger partial charge in [-0.3, -0.25) is 9.36 Å². The van der Waals surface area contributed by atoms with Crippen molar-refractivity contribution in [2.45, 2.75) is 45.3 Å². The standard InChI is InChI=1S/C23H30N6O3/c1-26(16-19-15-24-29(17-19)20-6-4-3-5-7-20)22(30)14-18-8-9-21-25-28(12-13-32-2)23(31)27(21)11-10-18/h3-7,15,17-18H,8-14,16H2,1-2H3. The van der Waals surface area contributed by atoms with E-state index in [-0.39, 0.29) is 17.5 Å². The Kier molecular flexibility index (Phi) is 6.84. The molecule has 0 bridgehead atoms. The minimum absolute atomic E-state index is 0.0865. The number of amides is 1. The van der Waals surface area contributed by atoms with Gasteiger partial charge in [0.05, 0.1) is 25.0 Å². The summed E-state index contributed by atoms with van der Waals surface area (Å²) in [5, 5.41) is 8.87. The molecule has 1 aliphatic rings. The summed E-state index contributed by atoms with van der Waals surface area (Å²) in [5.74, 6) is 1.16. The first-order chi connectivity index (χ1) is 15.5. The fraction of sp³-hybridized carbons (Fsp3) is 0.478. The zero-order valence-electron chi connectivity index (χ0n) is 18.7. The van der Waals surface area contributed by atoms with Crippen LogP contribution in [0.3, 0.4) is 0 Å². The lowest BCUT2D eigenvalue weighted by atomic mass is 9.96. The quantitative estimate of drug-likeness (QED) is 0.536. The van der Waals surface area contributed by atoms with Crippen molar-refractivity contribution in [2.75, 3.05) is 20.8 Å². The van der Waals surface area contributed by atoms with Crippen molar-refractivity contribution in [2.24, 2.45) is 5.92 Å². The smallest absolute Gasteiger partial charge is 0.345 e. The Morgan fingerprint density at radius 2 is 2.06 bits per heavy atom. The van der Waals surface area contributed by atoms with Gasteiger partial charge in [-0.05, 0) is 30.9 Å². The molecule has 0 spiro atoms. The van der Waals surface area contributed by atoms with Gasteiger partial charge in [-0.1, -0.05) is 18.2 Å². The molecule has 0 radical (unpaired) electrons. The van der Waals surface area contributed by atoms with E-state index in [0.717, 1.165) is 29.9 Å². The van der Waals surface area contributed by atoms with Crippen LogP contribution in [0.15, 0.2) is 47.5 Å². The molecule has 0 saturated carbocycles. The molecule has 3 heterocycles. The third-order valence-electron chi connectivity index (χ3n) is 6.01. The van der Waals surface area contributed by atoms with Gasteiger partial charge in [0, 0.05) is 51.8 Å². The van der Waals surface area contributed by atoms with Crippen molar-refractivity contribution in [3.05, 3.63) is 64.6 Å². The summed E-state index contributed by atoms with van der Waals surface area (Å²) in [7, 11) is 3.44. The highest BCUT2D eigenvalue weighted by Gasteiger charge is 2.24. The van der Waals surface area contributed by atoms with Crippen molar-refractivity contribution in [1.29, 1.82) is 0 Å². The number of rotatable bonds is 8. The first-order valence-electron chi connectivity index (χ1n) is 11.0. The molecule has 1 unspecified atom stereocenters. The van der Waals surface area contributed by atoms with E-state index in [1.165, 1.54) is 4.68 Å². The molecule has 32 heavy (non-hydrogen) atoms. The zero-order chi connectivity index (χ0) is 22.5. The van der Waals surface area contributed by atoms with E-state index in [2.05, 4.69) is 10.2 Å². The van der Waals surface area contributed by atoms with Crippen LogP contribution in [0.5, 0.6) is 0 Å². The van der Waals surface area contributed by atoms with E-state index in [0.29, 0.717) is 39.1 Å². The van der Waals surface area contributed by atoms with Gasteiger partial charge >= 0.3 is 5.69 Å². The van der Waals surface area contributed by atoms with Gasteiger partial charge in [-0.15, -0.1) is 0 Å². The van der Waals surface area contributed by atoms with E-state index in [4.69, 9.17) is 4.74 Å². The highest BCUT2D eigenvalue weighted by molar-refractivity contribution is 5.76. The number of carbonyl (C=O) groups is 1. The first kappa shape index (κ1) is 22.0. The Morgan fingerprint density at radius 3 is 2.84 bits per heavy atom. The molecule has 1 aliphatic heterocycles. The summed E-state index contributed by atoms with van der Waals surface area (Å²) in [5.41, 5.74) is 1.89. The van der Waals surface area contributed by atoms with Crippen LogP contribution in [0.1, 0.15) is 30.7 Å². The maximum absolute atomic E-state index is 12.9. The Morgan fingerprint density at radius 1 is 1.25 bits per heavy atom. The number of nitrogens with zero attached hydrogens (tertiary/aromatic N) is 6. The molecule has 0 fully saturated rings. The molecule has 1 atom stereocenters. The number of hydrogen-bond donors (Lipinski definition) is 0. The maximum Gasteiger partial charge on any atom is 0.345 e. The molecular weight excluding hydrogens is 408 g/mol. The largest absolute Gasteiger partial charge is 0.383 e. The number of aryl methyl sites for hydroxylation is 1. The Labute approximate surface area is 187 Å². The normalized spacial score (nSPS) is 15.9. The van der Waals surface area contributed by atoms with E-state index in [1.807, 2.05) is 48.3 Å². The zero-order valence-corrected chi connectivity index (χ0v) is 18.7. The molecule has 0 N–H and O–H groups in total. The van der Waals surface area contributed by atoms with Crippen LogP contribution < -0.4 is 5.69 Å². The fourth-order valence-electron chi connectivity index (χ4n) is 4.14. The van der Waals surface area contributed by atoms with Crippen molar-refractivity contribution in [3.63, 3.8) is 0 Å². The van der Waals surface area contributed by atoms with Crippen LogP contribution in [0.2, 0.25) is 0 Å². The predicted octanol–water partition coefficient (Wildman–Crippen LogP) is 1.88. The van der Waals surface area contributed by atoms with E-state index in [9.17, 15) is 9.59 Å². The highest BCUT2D eigenvalue weighted by Crippen LogP contribution is 2.22. The van der Waals surface area contributed by atoms with Crippen LogP contribution >= 0.6 is 0 Å². The molecule has 9 nitrogen and oxygen atoms in total. The van der Waals surface area contributed by atoms with Gasteiger partial charge in [-0.25, -0.2) is 14.2 Å². The van der Waals surface area contributed by atoms with Gasteiger partial charge in [-0.2, -0.15) is 10.2 Å². The van der Waals surface area contributed by atoms with Crippen molar-refractivity contribution in [3.8, 4) is 5.69 Å². The molecule has 0 saturated heterocycles. The summed E-state index contributed by atoms with van der Waals surface area (Å²) in [4.78, 5) is 27.2. The second-order valence-corrected chi connectivity index (χ2v) is 8.34. The summed E-state index contributed by atoms with van der Waals surface area (Å²) in [6.07, 6.45) is 6.60. The number of fused-ring (bicyclic) bond motifs is 1. The molecule has 0 aliphatic carbocycles. The third kappa shape index (κ3) is 4.99. The van der Waals surface area contributed by atoms with E-state index >= 15 is 0 Å². The number of aromatic nitrogens is 5. The molecule has 170 valence electrons. The molecule has 1 aromatic carbocycles. The molecule has 1 amide bonds. The molecule has 9 heteroatoms. The second kappa shape index (κ2) is 9.95. The number of hydrogen-bond acceptors (Lipinski definition) is 5. The maximum atomic E-state index is 12.9. The van der Waals surface area contributed by atoms with Gasteiger partial charge in [0.1, 0.15) is 5.82 Å². The topological polar surface area (TPSA) is 87.2 Å². The van der Waals surface area contributed by atoms with Crippen LogP contribution in [0.25, 0.3) is 5.69 Å². The van der Waals surface area contributed by atoms with Crippen molar-refractivity contribution in [1.82, 2.24) is 29.0 Å². The second-order valence-electron chi connectivity index (χ2n) is 8.34. The van der Waals surface area contributed by atoms with Gasteiger partial charge in [0.15, 0.2) is 0 Å². The average Bonchev–Trinajstić information content (AvgIpc) is 3.32. The minimum Gasteiger partial charge on any atom is -0.383 e. The average molecular weight is 439 g/mol. The van der Waals surface area contributed by atoms with E-state index in [1.54, 1.807) is 22.8 Å². The Balaban J connectivity index is 1.31. The predicted molar refractivity (Wildman–Crippen MR) is 119 cm³/mol. The summed E-state index contributed by atoms with van der Waals surface area (Å²) in [6, 6.07) is 9.90. The third-order valence-corrected chi connectivity index (χ3v) is 6.01. The summed E-state index contributed by atoms with van der Waals surface area (Å²) in [6.45, 7) is 2.05. The number of carbonyl (C=O) groups excluding carboxylic acids is 1. The number of para-hydroxylation sites is 1. The number of benzene rings is 1. The van der Waals surface area contributed by atoms with Crippen LogP contribution in [-0.2, 0) is 35.6 Å². The lowest BCUT2D eigenvalue weighted by Gasteiger charge is -2.20. The highest BCUT2D eigenvalue weighted by atomic mass is 16.5. The molecule has 4 rings (SSSR count). The Bertz CT molecular complexity index is 1100. The van der Waals surface area contributed by atoms with Crippen LogP contribution in [-0.4, -0.2) is 55.7 Å². The lowest BCUT2D eigenvalue weighted by Crippen LogP contribution is -2.29. The summed E-state index contributed by atoms with van der Waals surface area (Å²) >= 11 is 0. The molecule has 3 aromatic rings. The number of methoxy groups -OCH3 is 1. The first-order valence-corrected chi connectivity index (χ1v) is 11.0. The van der Waals surface area contributed by atoms with Gasteiger partial charge in [0.2, 0.25) is 5.91 Å².